The Morgan fingerprint density at radius 2 is 2.04 bits per heavy atom. The molecule has 1 aliphatic carbocycles. The maximum atomic E-state index is 11.9. The summed E-state index contributed by atoms with van der Waals surface area (Å²) >= 11 is 0. The van der Waals surface area contributed by atoms with Gasteiger partial charge in [-0.15, -0.1) is 0 Å². The van der Waals surface area contributed by atoms with Gasteiger partial charge in [-0.05, 0) is 49.3 Å². The number of hydrogen-bond acceptors (Lipinski definition) is 6. The molecule has 1 aromatic rings. The molecule has 1 aliphatic heterocycles. The maximum Gasteiger partial charge on any atom is 0.348 e. The molecule has 134 valence electrons. The highest BCUT2D eigenvalue weighted by atomic mass is 16.7. The number of hydrazine groups is 1. The van der Waals surface area contributed by atoms with Gasteiger partial charge in [0.05, 0.1) is 11.9 Å². The molecular weight excluding hydrogens is 336 g/mol. The van der Waals surface area contributed by atoms with E-state index >= 15 is 0 Å². The van der Waals surface area contributed by atoms with Gasteiger partial charge in [0.25, 0.3) is 0 Å². The number of hydrogen-bond donors (Lipinski definition) is 3. The molecule has 0 aromatic heterocycles. The second-order valence-corrected chi connectivity index (χ2v) is 5.81. The summed E-state index contributed by atoms with van der Waals surface area (Å²) in [5.74, 6) is 0.285. The van der Waals surface area contributed by atoms with E-state index < -0.39 is 6.03 Å². The molecule has 3 rings (SSSR count). The van der Waals surface area contributed by atoms with Crippen molar-refractivity contribution in [1.29, 1.82) is 0 Å². The van der Waals surface area contributed by atoms with Crippen LogP contribution in [0.25, 0.3) is 0 Å². The number of para-hydroxylation sites is 1. The van der Waals surface area contributed by atoms with E-state index in [0.717, 1.165) is 5.56 Å². The second kappa shape index (κ2) is 7.66. The number of aromatic hydroxyl groups is 1. The molecule has 0 radical (unpaired) electrons. The molecule has 1 aromatic carbocycles. The van der Waals surface area contributed by atoms with Crippen molar-refractivity contribution >= 4 is 17.5 Å². The van der Waals surface area contributed by atoms with Crippen LogP contribution in [0.2, 0.25) is 0 Å². The van der Waals surface area contributed by atoms with Crippen LogP contribution in [0.4, 0.5) is 4.79 Å². The van der Waals surface area contributed by atoms with Crippen LogP contribution in [-0.4, -0.2) is 33.7 Å². The molecule has 8 heteroatoms. The van der Waals surface area contributed by atoms with E-state index in [1.54, 1.807) is 23.3 Å². The lowest BCUT2D eigenvalue weighted by molar-refractivity contribution is -0.110. The van der Waals surface area contributed by atoms with Crippen molar-refractivity contribution in [2.45, 2.75) is 19.4 Å². The minimum atomic E-state index is -0.619. The zero-order valence-electron chi connectivity index (χ0n) is 14.0. The van der Waals surface area contributed by atoms with Crippen molar-refractivity contribution in [3.63, 3.8) is 0 Å². The lowest BCUT2D eigenvalue weighted by atomic mass is 10.1. The first kappa shape index (κ1) is 17.4. The number of urea groups is 1. The van der Waals surface area contributed by atoms with Gasteiger partial charge >= 0.3 is 6.03 Å². The number of aliphatic imine (C=N–C) groups is 1. The van der Waals surface area contributed by atoms with Crippen LogP contribution in [0.5, 0.6) is 5.75 Å². The van der Waals surface area contributed by atoms with Crippen molar-refractivity contribution in [2.75, 3.05) is 0 Å². The Bertz CT molecular complexity index is 823. The molecule has 0 fully saturated rings. The quantitative estimate of drug-likeness (QED) is 0.712. The van der Waals surface area contributed by atoms with Crippen molar-refractivity contribution in [3.05, 3.63) is 66.2 Å². The molecule has 8 nitrogen and oxygen atoms in total. The van der Waals surface area contributed by atoms with Crippen molar-refractivity contribution < 1.29 is 19.5 Å². The first-order valence-electron chi connectivity index (χ1n) is 8.00. The Labute approximate surface area is 150 Å². The number of amides is 2. The average molecular weight is 354 g/mol. The van der Waals surface area contributed by atoms with Crippen LogP contribution in [-0.2, 0) is 16.1 Å². The summed E-state index contributed by atoms with van der Waals surface area (Å²) in [5.41, 5.74) is 3.87. The molecular formula is C18H18N4O4. The van der Waals surface area contributed by atoms with Crippen LogP contribution in [0.15, 0.2) is 65.6 Å². The molecule has 26 heavy (non-hydrogen) atoms. The number of nitrogens with zero attached hydrogens (tertiary/aromatic N) is 2. The molecule has 2 aliphatic rings. The van der Waals surface area contributed by atoms with E-state index in [0.29, 0.717) is 12.1 Å². The number of carbonyl (C=O) groups excluding carboxylic acids is 2. The molecule has 1 heterocycles. The second-order valence-electron chi connectivity index (χ2n) is 5.81. The van der Waals surface area contributed by atoms with Crippen molar-refractivity contribution in [3.8, 4) is 5.75 Å². The number of rotatable bonds is 4. The Kier molecular flexibility index (Phi) is 5.14. The van der Waals surface area contributed by atoms with Gasteiger partial charge in [-0.2, -0.15) is 4.99 Å². The monoisotopic (exact) mass is 354 g/mol. The molecule has 2 amide bonds. The Balaban J connectivity index is 1.57. The van der Waals surface area contributed by atoms with Crippen LogP contribution in [0, 0.1) is 0 Å². The van der Waals surface area contributed by atoms with Gasteiger partial charge in [-0.1, -0.05) is 23.8 Å². The highest BCUT2D eigenvalue weighted by Crippen LogP contribution is 2.20. The van der Waals surface area contributed by atoms with Gasteiger partial charge in [0.2, 0.25) is 5.88 Å². The maximum absolute atomic E-state index is 11.9. The third-order valence-corrected chi connectivity index (χ3v) is 3.80. The number of allylic oxidation sites excluding steroid dienone is 4. The fourth-order valence-electron chi connectivity index (χ4n) is 2.43. The zero-order chi connectivity index (χ0) is 18.5. The predicted octanol–water partition coefficient (Wildman–Crippen LogP) is 1.72. The largest absolute Gasteiger partial charge is 0.508 e. The van der Waals surface area contributed by atoms with E-state index in [4.69, 9.17) is 4.84 Å². The Morgan fingerprint density at radius 1 is 1.31 bits per heavy atom. The van der Waals surface area contributed by atoms with Crippen LogP contribution in [0.1, 0.15) is 12.5 Å². The lowest BCUT2D eigenvalue weighted by Crippen LogP contribution is -2.37. The summed E-state index contributed by atoms with van der Waals surface area (Å²) < 4.78 is 0. The molecule has 0 spiro atoms. The first-order valence-corrected chi connectivity index (χ1v) is 8.00. The molecule has 1 unspecified atom stereocenters. The minimum Gasteiger partial charge on any atom is -0.508 e. The molecule has 0 saturated heterocycles. The number of phenolic OH excluding ortho intramolecular Hbond substituents is 1. The molecule has 1 atom stereocenters. The highest BCUT2D eigenvalue weighted by Gasteiger charge is 2.21. The molecule has 3 N–H and O–H groups in total. The van der Waals surface area contributed by atoms with E-state index in [2.05, 4.69) is 15.9 Å². The number of phenols is 1. The fraction of sp³-hybridized carbons (Fsp3) is 0.167. The van der Waals surface area contributed by atoms with Gasteiger partial charge in [-0.25, -0.2) is 4.79 Å². The van der Waals surface area contributed by atoms with Gasteiger partial charge in [0, 0.05) is 6.04 Å². The Hall–Kier alpha value is -3.39. The van der Waals surface area contributed by atoms with Crippen LogP contribution >= 0.6 is 0 Å². The van der Waals surface area contributed by atoms with E-state index in [1.807, 2.05) is 19.1 Å². The summed E-state index contributed by atoms with van der Waals surface area (Å²) in [4.78, 5) is 32.0. The SMILES string of the molecule is CC(Cc1ccccc1O)N1C=C(NC(=O)N=C2C=CC(=O)C=C2)ON1. The summed E-state index contributed by atoms with van der Waals surface area (Å²) in [6, 6.07) is 6.45. The lowest BCUT2D eigenvalue weighted by Gasteiger charge is -2.22. The summed E-state index contributed by atoms with van der Waals surface area (Å²) in [6.45, 7) is 1.94. The normalized spacial score (nSPS) is 17.0. The number of carbonyl (C=O) groups is 2. The van der Waals surface area contributed by atoms with Crippen LogP contribution < -0.4 is 10.9 Å². The number of benzene rings is 1. The minimum absolute atomic E-state index is 0.0424. The fourth-order valence-corrected chi connectivity index (χ4v) is 2.43. The smallest absolute Gasteiger partial charge is 0.348 e. The standard InChI is InChI=1S/C18H18N4O4/c1-12(10-13-4-2-3-5-16(13)24)22-11-17(26-21-22)20-18(25)19-14-6-8-15(23)9-7-14/h2-9,11-12,21,24H,10H2,1H3,(H,20,25). The van der Waals surface area contributed by atoms with Gasteiger partial charge in [0.1, 0.15) is 5.75 Å². The number of ketones is 1. The summed E-state index contributed by atoms with van der Waals surface area (Å²) in [6.07, 6.45) is 7.77. The first-order chi connectivity index (χ1) is 12.5. The Morgan fingerprint density at radius 3 is 2.77 bits per heavy atom. The van der Waals surface area contributed by atoms with Gasteiger partial charge in [0.15, 0.2) is 5.78 Å². The predicted molar refractivity (Wildman–Crippen MR) is 94.7 cm³/mol. The van der Waals surface area contributed by atoms with Crippen molar-refractivity contribution in [2.24, 2.45) is 4.99 Å². The highest BCUT2D eigenvalue weighted by molar-refractivity contribution is 6.18. The van der Waals surface area contributed by atoms with Gasteiger partial charge < -0.3 is 9.94 Å². The summed E-state index contributed by atoms with van der Waals surface area (Å²) in [7, 11) is 0. The topological polar surface area (TPSA) is 103 Å². The van der Waals surface area contributed by atoms with Gasteiger partial charge in [-0.3, -0.25) is 15.1 Å². The van der Waals surface area contributed by atoms with E-state index in [9.17, 15) is 14.7 Å². The zero-order valence-corrected chi connectivity index (χ0v) is 14.0. The molecule has 0 bridgehead atoms. The summed E-state index contributed by atoms with van der Waals surface area (Å²) in [5, 5.41) is 14.0. The number of nitrogens with one attached hydrogen (secondary N) is 2. The third-order valence-electron chi connectivity index (χ3n) is 3.80. The van der Waals surface area contributed by atoms with E-state index in [1.165, 1.54) is 24.3 Å². The van der Waals surface area contributed by atoms with Crippen molar-refractivity contribution in [1.82, 2.24) is 15.9 Å². The van der Waals surface area contributed by atoms with E-state index in [-0.39, 0.29) is 23.5 Å². The average Bonchev–Trinajstić information content (AvgIpc) is 3.07. The molecule has 0 saturated carbocycles. The van der Waals surface area contributed by atoms with Crippen LogP contribution in [0.3, 0.4) is 0 Å². The third kappa shape index (κ3) is 4.37.